The van der Waals surface area contributed by atoms with Gasteiger partial charge in [0.2, 0.25) is 0 Å². The van der Waals surface area contributed by atoms with Gasteiger partial charge in [-0.05, 0) is 45.7 Å². The summed E-state index contributed by atoms with van der Waals surface area (Å²) in [6.07, 6.45) is 4.33. The van der Waals surface area contributed by atoms with Gasteiger partial charge in [-0.15, -0.1) is 0 Å². The molecule has 1 aliphatic heterocycles. The van der Waals surface area contributed by atoms with Crippen LogP contribution in [0, 0.1) is 0 Å². The maximum atomic E-state index is 10.00. The molecule has 0 radical (unpaired) electrons. The normalized spacial score (nSPS) is 25.8. The van der Waals surface area contributed by atoms with Crippen molar-refractivity contribution in [3.8, 4) is 0 Å². The average Bonchev–Trinajstić information content (AvgIpc) is 2.68. The van der Waals surface area contributed by atoms with E-state index in [1.165, 1.54) is 25.9 Å². The number of hydrogen-bond acceptors (Lipinski definition) is 2. The second-order valence-electron chi connectivity index (χ2n) is 4.33. The van der Waals surface area contributed by atoms with E-state index in [0.717, 1.165) is 12.8 Å². The molecule has 1 saturated heterocycles. The first-order valence-corrected chi connectivity index (χ1v) is 5.58. The van der Waals surface area contributed by atoms with Crippen molar-refractivity contribution in [2.24, 2.45) is 0 Å². The summed E-state index contributed by atoms with van der Waals surface area (Å²) in [4.78, 5) is 2.46. The summed E-state index contributed by atoms with van der Waals surface area (Å²) in [5, 5.41) is 10.00. The molecule has 0 aromatic heterocycles. The lowest BCUT2D eigenvalue weighted by Gasteiger charge is -2.41. The minimum Gasteiger partial charge on any atom is -0.391 e. The zero-order valence-corrected chi connectivity index (χ0v) is 9.21. The van der Waals surface area contributed by atoms with Gasteiger partial charge in [-0.25, -0.2) is 0 Å². The van der Waals surface area contributed by atoms with E-state index in [9.17, 15) is 5.11 Å². The van der Waals surface area contributed by atoms with Crippen LogP contribution in [-0.4, -0.2) is 34.7 Å². The average molecular weight is 185 g/mol. The van der Waals surface area contributed by atoms with E-state index >= 15 is 0 Å². The van der Waals surface area contributed by atoms with E-state index in [1.54, 1.807) is 0 Å². The summed E-state index contributed by atoms with van der Waals surface area (Å²) in [6, 6.07) is 0. The Morgan fingerprint density at radius 3 is 2.23 bits per heavy atom. The molecule has 1 N–H and O–H groups in total. The quantitative estimate of drug-likeness (QED) is 0.724. The molecule has 0 aromatic rings. The molecule has 2 unspecified atom stereocenters. The Morgan fingerprint density at radius 1 is 1.31 bits per heavy atom. The maximum Gasteiger partial charge on any atom is 0.0718 e. The molecule has 0 amide bonds. The number of aliphatic hydroxyl groups is 1. The fourth-order valence-electron chi connectivity index (χ4n) is 2.34. The van der Waals surface area contributed by atoms with E-state index in [-0.39, 0.29) is 11.6 Å². The molecular formula is C11H23NO. The molecule has 1 aliphatic rings. The van der Waals surface area contributed by atoms with Crippen molar-refractivity contribution < 1.29 is 5.11 Å². The van der Waals surface area contributed by atoms with Gasteiger partial charge < -0.3 is 5.11 Å². The van der Waals surface area contributed by atoms with Gasteiger partial charge in [0, 0.05) is 5.54 Å². The Morgan fingerprint density at radius 2 is 1.85 bits per heavy atom. The molecule has 0 aliphatic carbocycles. The molecule has 1 heterocycles. The summed E-state index contributed by atoms with van der Waals surface area (Å²) < 4.78 is 0. The van der Waals surface area contributed by atoms with Crippen molar-refractivity contribution in [3.63, 3.8) is 0 Å². The van der Waals surface area contributed by atoms with E-state index in [2.05, 4.69) is 25.7 Å². The van der Waals surface area contributed by atoms with Gasteiger partial charge >= 0.3 is 0 Å². The topological polar surface area (TPSA) is 23.5 Å². The smallest absolute Gasteiger partial charge is 0.0718 e. The molecule has 0 bridgehead atoms. The zero-order chi connectivity index (χ0) is 9.90. The Bertz CT molecular complexity index is 154. The lowest BCUT2D eigenvalue weighted by Crippen LogP contribution is -2.52. The summed E-state index contributed by atoms with van der Waals surface area (Å²) in [7, 11) is 0. The summed E-state index contributed by atoms with van der Waals surface area (Å²) in [5.74, 6) is 0. The van der Waals surface area contributed by atoms with E-state index in [1.807, 2.05) is 0 Å². The van der Waals surface area contributed by atoms with Crippen LogP contribution < -0.4 is 0 Å². The van der Waals surface area contributed by atoms with Gasteiger partial charge in [0.1, 0.15) is 0 Å². The van der Waals surface area contributed by atoms with E-state index in [0.29, 0.717) is 0 Å². The second kappa shape index (κ2) is 4.43. The van der Waals surface area contributed by atoms with Crippen molar-refractivity contribution in [1.82, 2.24) is 4.90 Å². The fourth-order valence-corrected chi connectivity index (χ4v) is 2.34. The van der Waals surface area contributed by atoms with Gasteiger partial charge in [-0.2, -0.15) is 0 Å². The molecular weight excluding hydrogens is 162 g/mol. The zero-order valence-electron chi connectivity index (χ0n) is 9.21. The fraction of sp³-hybridized carbons (Fsp3) is 1.00. The number of aliphatic hydroxyl groups excluding tert-OH is 1. The Hall–Kier alpha value is -0.0800. The van der Waals surface area contributed by atoms with Crippen molar-refractivity contribution in [1.29, 1.82) is 0 Å². The molecule has 2 atom stereocenters. The third-order valence-electron chi connectivity index (χ3n) is 3.65. The highest BCUT2D eigenvalue weighted by Gasteiger charge is 2.37. The minimum atomic E-state index is -0.171. The molecule has 0 aromatic carbocycles. The van der Waals surface area contributed by atoms with Crippen molar-refractivity contribution in [3.05, 3.63) is 0 Å². The molecule has 1 fully saturated rings. The maximum absolute atomic E-state index is 10.00. The number of rotatable bonds is 4. The van der Waals surface area contributed by atoms with E-state index < -0.39 is 0 Å². The summed E-state index contributed by atoms with van der Waals surface area (Å²) >= 11 is 0. The highest BCUT2D eigenvalue weighted by atomic mass is 16.3. The third kappa shape index (κ3) is 2.05. The van der Waals surface area contributed by atoms with Crippen LogP contribution in [0.25, 0.3) is 0 Å². The second-order valence-corrected chi connectivity index (χ2v) is 4.33. The standard InChI is InChI=1S/C11H23NO/c1-4-10(13)11(3,5-2)12-8-6-7-9-12/h10,13H,4-9H2,1-3H3. The van der Waals surface area contributed by atoms with Crippen LogP contribution in [0.4, 0.5) is 0 Å². The SMILES string of the molecule is CCC(O)C(C)(CC)N1CCCC1. The number of nitrogens with zero attached hydrogens (tertiary/aromatic N) is 1. The van der Waals surface area contributed by atoms with Crippen molar-refractivity contribution in [2.75, 3.05) is 13.1 Å². The Labute approximate surface area is 81.9 Å². The largest absolute Gasteiger partial charge is 0.391 e. The number of hydrogen-bond donors (Lipinski definition) is 1. The van der Waals surface area contributed by atoms with Crippen molar-refractivity contribution >= 4 is 0 Å². The summed E-state index contributed by atoms with van der Waals surface area (Å²) in [5.41, 5.74) is 0.0191. The molecule has 13 heavy (non-hydrogen) atoms. The first-order valence-electron chi connectivity index (χ1n) is 5.58. The molecule has 78 valence electrons. The lowest BCUT2D eigenvalue weighted by atomic mass is 9.88. The van der Waals surface area contributed by atoms with Crippen LogP contribution in [-0.2, 0) is 0 Å². The summed E-state index contributed by atoms with van der Waals surface area (Å²) in [6.45, 7) is 8.78. The molecule has 2 heteroatoms. The van der Waals surface area contributed by atoms with Gasteiger partial charge in [-0.3, -0.25) is 4.90 Å². The molecule has 0 saturated carbocycles. The van der Waals surface area contributed by atoms with Crippen molar-refractivity contribution in [2.45, 2.75) is 58.1 Å². The highest BCUT2D eigenvalue weighted by molar-refractivity contribution is 4.93. The van der Waals surface area contributed by atoms with Crippen LogP contribution >= 0.6 is 0 Å². The van der Waals surface area contributed by atoms with Gasteiger partial charge in [0.15, 0.2) is 0 Å². The molecule has 0 spiro atoms. The highest BCUT2D eigenvalue weighted by Crippen LogP contribution is 2.29. The van der Waals surface area contributed by atoms with Crippen LogP contribution in [0.3, 0.4) is 0 Å². The molecule has 2 nitrogen and oxygen atoms in total. The first kappa shape index (κ1) is 11.0. The predicted octanol–water partition coefficient (Wildman–Crippen LogP) is 2.02. The molecule has 1 rings (SSSR count). The van der Waals surface area contributed by atoms with Gasteiger partial charge in [-0.1, -0.05) is 13.8 Å². The Balaban J connectivity index is 2.66. The van der Waals surface area contributed by atoms with Crippen LogP contribution in [0.2, 0.25) is 0 Å². The minimum absolute atomic E-state index is 0.0191. The van der Waals surface area contributed by atoms with Crippen LogP contribution in [0.5, 0.6) is 0 Å². The van der Waals surface area contributed by atoms with Crippen LogP contribution in [0.1, 0.15) is 46.5 Å². The van der Waals surface area contributed by atoms with Crippen LogP contribution in [0.15, 0.2) is 0 Å². The van der Waals surface area contributed by atoms with Gasteiger partial charge in [0.25, 0.3) is 0 Å². The predicted molar refractivity (Wildman–Crippen MR) is 55.8 cm³/mol. The number of likely N-dealkylation sites (tertiary alicyclic amines) is 1. The third-order valence-corrected chi connectivity index (χ3v) is 3.65. The monoisotopic (exact) mass is 185 g/mol. The first-order chi connectivity index (χ1) is 6.15. The van der Waals surface area contributed by atoms with Gasteiger partial charge in [0.05, 0.1) is 6.10 Å². The lowest BCUT2D eigenvalue weighted by molar-refractivity contribution is -0.0139. The Kier molecular flexibility index (Phi) is 3.74. The van der Waals surface area contributed by atoms with E-state index in [4.69, 9.17) is 0 Å².